The average Bonchev–Trinajstić information content (AvgIpc) is 2.28. The van der Waals surface area contributed by atoms with Crippen LogP contribution in [0.5, 0.6) is 5.75 Å². The second-order valence-corrected chi connectivity index (χ2v) is 3.97. The predicted octanol–water partition coefficient (Wildman–Crippen LogP) is 1.46. The monoisotopic (exact) mass is 240 g/mol. The summed E-state index contributed by atoms with van der Waals surface area (Å²) >= 11 is 0. The van der Waals surface area contributed by atoms with Crippen molar-refractivity contribution in [1.29, 1.82) is 0 Å². The smallest absolute Gasteiger partial charge is 0.491 e. The summed E-state index contributed by atoms with van der Waals surface area (Å²) in [5.74, 6) is -0.241. The Kier molecular flexibility index (Phi) is 6.01. The minimum Gasteiger partial charge on any atom is -0.493 e. The molecular formula is C12H18BFO3. The predicted molar refractivity (Wildman–Crippen MR) is 65.9 cm³/mol. The number of unbranched alkanes of at least 4 members (excludes halogenated alkanes) is 3. The summed E-state index contributed by atoms with van der Waals surface area (Å²) in [7, 11) is -1.78. The van der Waals surface area contributed by atoms with Crippen LogP contribution in [-0.4, -0.2) is 23.8 Å². The van der Waals surface area contributed by atoms with E-state index < -0.39 is 12.9 Å². The van der Waals surface area contributed by atoms with Crippen LogP contribution in [0.2, 0.25) is 0 Å². The zero-order valence-corrected chi connectivity index (χ0v) is 10.0. The molecule has 0 fully saturated rings. The van der Waals surface area contributed by atoms with Crippen LogP contribution < -0.4 is 10.2 Å². The number of hydrogen-bond acceptors (Lipinski definition) is 3. The highest BCUT2D eigenvalue weighted by Gasteiger charge is 2.16. The van der Waals surface area contributed by atoms with Crippen LogP contribution in [0.25, 0.3) is 0 Å². The van der Waals surface area contributed by atoms with E-state index in [1.165, 1.54) is 24.6 Å². The Bertz CT molecular complexity index is 345. The van der Waals surface area contributed by atoms with Gasteiger partial charge in [0.25, 0.3) is 0 Å². The van der Waals surface area contributed by atoms with Crippen molar-refractivity contribution in [1.82, 2.24) is 0 Å². The number of rotatable bonds is 7. The van der Waals surface area contributed by atoms with Gasteiger partial charge in [-0.05, 0) is 12.5 Å². The third kappa shape index (κ3) is 4.75. The highest BCUT2D eigenvalue weighted by molar-refractivity contribution is 6.58. The summed E-state index contributed by atoms with van der Waals surface area (Å²) in [6.45, 7) is 2.69. The molecule has 0 spiro atoms. The van der Waals surface area contributed by atoms with E-state index in [9.17, 15) is 4.39 Å². The zero-order chi connectivity index (χ0) is 12.7. The highest BCUT2D eigenvalue weighted by Crippen LogP contribution is 2.12. The van der Waals surface area contributed by atoms with Gasteiger partial charge in [-0.2, -0.15) is 0 Å². The van der Waals surface area contributed by atoms with E-state index in [2.05, 4.69) is 6.92 Å². The lowest BCUT2D eigenvalue weighted by Gasteiger charge is -2.08. The standard InChI is InChI=1S/C12H18BFO3/c1-2-3-4-5-8-17-10-6-7-11(13(15)16)12(14)9-10/h6-7,9,15-16H,2-5,8H2,1H3. The third-order valence-corrected chi connectivity index (χ3v) is 2.52. The van der Waals surface area contributed by atoms with E-state index in [1.807, 2.05) is 0 Å². The maximum absolute atomic E-state index is 13.3. The van der Waals surface area contributed by atoms with E-state index in [-0.39, 0.29) is 5.46 Å². The first kappa shape index (κ1) is 14.0. The Labute approximate surface area is 101 Å². The van der Waals surface area contributed by atoms with E-state index in [0.29, 0.717) is 12.4 Å². The number of ether oxygens (including phenoxy) is 1. The summed E-state index contributed by atoms with van der Waals surface area (Å²) < 4.78 is 18.7. The first-order valence-electron chi connectivity index (χ1n) is 5.93. The molecule has 0 saturated carbocycles. The van der Waals surface area contributed by atoms with Gasteiger partial charge in [0, 0.05) is 11.5 Å². The molecule has 17 heavy (non-hydrogen) atoms. The Morgan fingerprint density at radius 3 is 2.59 bits per heavy atom. The molecule has 0 aromatic heterocycles. The number of hydrogen-bond donors (Lipinski definition) is 2. The molecule has 0 aliphatic heterocycles. The minimum absolute atomic E-state index is 0.136. The Morgan fingerprint density at radius 2 is 2.00 bits per heavy atom. The summed E-state index contributed by atoms with van der Waals surface area (Å²) in [6, 6.07) is 4.04. The van der Waals surface area contributed by atoms with Gasteiger partial charge in [-0.3, -0.25) is 0 Å². The molecular weight excluding hydrogens is 222 g/mol. The van der Waals surface area contributed by atoms with Crippen LogP contribution in [0.4, 0.5) is 4.39 Å². The van der Waals surface area contributed by atoms with Gasteiger partial charge in [-0.1, -0.05) is 32.3 Å². The second-order valence-electron chi connectivity index (χ2n) is 3.97. The molecule has 2 N–H and O–H groups in total. The molecule has 0 amide bonds. The highest BCUT2D eigenvalue weighted by atomic mass is 19.1. The van der Waals surface area contributed by atoms with Crippen LogP contribution in [-0.2, 0) is 0 Å². The molecule has 0 aliphatic carbocycles. The average molecular weight is 240 g/mol. The largest absolute Gasteiger partial charge is 0.493 e. The molecule has 0 aliphatic rings. The van der Waals surface area contributed by atoms with Gasteiger partial charge in [0.2, 0.25) is 0 Å². The van der Waals surface area contributed by atoms with Gasteiger partial charge < -0.3 is 14.8 Å². The normalized spacial score (nSPS) is 10.4. The minimum atomic E-state index is -1.78. The van der Waals surface area contributed by atoms with E-state index >= 15 is 0 Å². The lowest BCUT2D eigenvalue weighted by molar-refractivity contribution is 0.303. The molecule has 0 bridgehead atoms. The van der Waals surface area contributed by atoms with Crippen LogP contribution in [0, 0.1) is 5.82 Å². The van der Waals surface area contributed by atoms with Gasteiger partial charge in [-0.15, -0.1) is 0 Å². The van der Waals surface area contributed by atoms with Crippen molar-refractivity contribution in [3.63, 3.8) is 0 Å². The van der Waals surface area contributed by atoms with E-state index in [4.69, 9.17) is 14.8 Å². The Hall–Kier alpha value is -1.07. The molecule has 0 heterocycles. The fourth-order valence-electron chi connectivity index (χ4n) is 1.53. The quantitative estimate of drug-likeness (QED) is 0.560. The first-order chi connectivity index (χ1) is 8.15. The zero-order valence-electron chi connectivity index (χ0n) is 10.0. The van der Waals surface area contributed by atoms with Gasteiger partial charge in [0.05, 0.1) is 6.61 Å². The molecule has 0 atom stereocenters. The summed E-state index contributed by atoms with van der Waals surface area (Å²) in [6.07, 6.45) is 4.39. The number of halogens is 1. The van der Waals surface area contributed by atoms with Crippen LogP contribution in [0.1, 0.15) is 32.6 Å². The molecule has 0 radical (unpaired) electrons. The summed E-state index contributed by atoms with van der Waals surface area (Å²) in [5.41, 5.74) is -0.136. The van der Waals surface area contributed by atoms with Crippen molar-refractivity contribution in [2.24, 2.45) is 0 Å². The van der Waals surface area contributed by atoms with Crippen LogP contribution in [0.3, 0.4) is 0 Å². The van der Waals surface area contributed by atoms with Gasteiger partial charge >= 0.3 is 7.12 Å². The molecule has 1 rings (SSSR count). The lowest BCUT2D eigenvalue weighted by Crippen LogP contribution is -2.32. The third-order valence-electron chi connectivity index (χ3n) is 2.52. The Morgan fingerprint density at radius 1 is 1.24 bits per heavy atom. The van der Waals surface area contributed by atoms with E-state index in [1.54, 1.807) is 0 Å². The number of benzene rings is 1. The Balaban J connectivity index is 2.42. The van der Waals surface area contributed by atoms with Gasteiger partial charge in [-0.25, -0.2) is 4.39 Å². The molecule has 5 heteroatoms. The second kappa shape index (κ2) is 7.30. The lowest BCUT2D eigenvalue weighted by atomic mass is 9.80. The summed E-state index contributed by atoms with van der Waals surface area (Å²) in [4.78, 5) is 0. The van der Waals surface area contributed by atoms with E-state index in [0.717, 1.165) is 19.3 Å². The van der Waals surface area contributed by atoms with Crippen molar-refractivity contribution in [2.75, 3.05) is 6.61 Å². The fraction of sp³-hybridized carbons (Fsp3) is 0.500. The van der Waals surface area contributed by atoms with Crippen molar-refractivity contribution >= 4 is 12.6 Å². The molecule has 94 valence electrons. The van der Waals surface area contributed by atoms with Gasteiger partial charge in [0.15, 0.2) is 0 Å². The van der Waals surface area contributed by atoms with Crippen LogP contribution in [0.15, 0.2) is 18.2 Å². The molecule has 0 unspecified atom stereocenters. The van der Waals surface area contributed by atoms with Crippen molar-refractivity contribution < 1.29 is 19.2 Å². The fourth-order valence-corrected chi connectivity index (χ4v) is 1.53. The first-order valence-corrected chi connectivity index (χ1v) is 5.93. The van der Waals surface area contributed by atoms with Crippen molar-refractivity contribution in [2.45, 2.75) is 32.6 Å². The summed E-state index contributed by atoms with van der Waals surface area (Å²) in [5, 5.41) is 17.7. The maximum atomic E-state index is 13.3. The maximum Gasteiger partial charge on any atom is 0.491 e. The van der Waals surface area contributed by atoms with Gasteiger partial charge in [0.1, 0.15) is 11.6 Å². The van der Waals surface area contributed by atoms with Crippen LogP contribution >= 0.6 is 0 Å². The van der Waals surface area contributed by atoms with Crippen molar-refractivity contribution in [3.8, 4) is 5.75 Å². The SMILES string of the molecule is CCCCCCOc1ccc(B(O)O)c(F)c1. The molecule has 1 aromatic rings. The van der Waals surface area contributed by atoms with Crippen molar-refractivity contribution in [3.05, 3.63) is 24.0 Å². The molecule has 1 aromatic carbocycles. The molecule has 3 nitrogen and oxygen atoms in total. The topological polar surface area (TPSA) is 49.7 Å². The molecule has 0 saturated heterocycles.